The van der Waals surface area contributed by atoms with Crippen molar-refractivity contribution in [2.45, 2.75) is 0 Å². The summed E-state index contributed by atoms with van der Waals surface area (Å²) in [6, 6.07) is 0. The highest BCUT2D eigenvalue weighted by atomic mass is 19.1. The van der Waals surface area contributed by atoms with E-state index in [9.17, 15) is 14.0 Å². The molecule has 1 rings (SSSR count). The third-order valence-corrected chi connectivity index (χ3v) is 1.32. The van der Waals surface area contributed by atoms with Gasteiger partial charge in [0.2, 0.25) is 5.78 Å². The summed E-state index contributed by atoms with van der Waals surface area (Å²) in [5, 5.41) is 8.44. The zero-order valence-corrected chi connectivity index (χ0v) is 6.03. The summed E-state index contributed by atoms with van der Waals surface area (Å²) in [5.41, 5.74) is 0. The van der Waals surface area contributed by atoms with Gasteiger partial charge in [0.25, 0.3) is 0 Å². The molecule has 0 radical (unpaired) electrons. The van der Waals surface area contributed by atoms with Crippen molar-refractivity contribution in [3.05, 3.63) is 24.2 Å². The zero-order valence-electron chi connectivity index (χ0n) is 6.03. The number of nitrogens with zero attached hydrogens (tertiary/aromatic N) is 1. The molecule has 1 N–H and O–H groups in total. The van der Waals surface area contributed by atoms with Crippen LogP contribution in [0.5, 0.6) is 0 Å². The monoisotopic (exact) mass is 171 g/mol. The highest BCUT2D eigenvalue weighted by Crippen LogP contribution is 2.07. The first-order chi connectivity index (χ1) is 5.61. The second kappa shape index (κ2) is 3.17. The Morgan fingerprint density at radius 3 is 2.92 bits per heavy atom. The molecule has 0 unspecified atom stereocenters. The van der Waals surface area contributed by atoms with Crippen LogP contribution in [-0.2, 0) is 4.79 Å². The molecule has 1 aliphatic heterocycles. The Hall–Kier alpha value is -1.65. The first-order valence-electron chi connectivity index (χ1n) is 3.19. The van der Waals surface area contributed by atoms with E-state index in [4.69, 9.17) is 5.11 Å². The van der Waals surface area contributed by atoms with Gasteiger partial charge in [-0.1, -0.05) is 6.08 Å². The molecule has 0 aliphatic carbocycles. The van der Waals surface area contributed by atoms with Crippen LogP contribution >= 0.6 is 0 Å². The van der Waals surface area contributed by atoms with Crippen LogP contribution in [0.25, 0.3) is 0 Å². The summed E-state index contributed by atoms with van der Waals surface area (Å²) in [4.78, 5) is 21.7. The molecule has 4 nitrogen and oxygen atoms in total. The summed E-state index contributed by atoms with van der Waals surface area (Å²) in [6.07, 6.45) is 1.68. The summed E-state index contributed by atoms with van der Waals surface area (Å²) < 4.78 is 12.6. The first kappa shape index (κ1) is 8.45. The van der Waals surface area contributed by atoms with Crippen LogP contribution in [-0.4, -0.2) is 28.4 Å². The predicted molar refractivity (Wildman–Crippen MR) is 38.1 cm³/mol. The fourth-order valence-electron chi connectivity index (χ4n) is 0.739. The second-order valence-electron chi connectivity index (χ2n) is 2.18. The molecule has 0 aromatic carbocycles. The van der Waals surface area contributed by atoms with Gasteiger partial charge in [0.05, 0.1) is 6.20 Å². The van der Waals surface area contributed by atoms with Gasteiger partial charge in [-0.2, -0.15) is 0 Å². The summed E-state index contributed by atoms with van der Waals surface area (Å²) in [6.45, 7) is -0.00546. The lowest BCUT2D eigenvalue weighted by atomic mass is 10.3. The Kier molecular flexibility index (Phi) is 2.23. The van der Waals surface area contributed by atoms with Crippen molar-refractivity contribution in [2.24, 2.45) is 0 Å². The van der Waals surface area contributed by atoms with Crippen LogP contribution in [0.2, 0.25) is 0 Å². The maximum atomic E-state index is 12.6. The maximum Gasteiger partial charge on any atom is 0.411 e. The Balaban J connectivity index is 2.90. The van der Waals surface area contributed by atoms with Gasteiger partial charge >= 0.3 is 6.09 Å². The lowest BCUT2D eigenvalue weighted by molar-refractivity contribution is -0.112. The first-order valence-corrected chi connectivity index (χ1v) is 3.19. The number of carbonyl (C=O) groups excluding carboxylic acids is 1. The maximum absolute atomic E-state index is 12.6. The molecule has 0 saturated carbocycles. The normalized spacial score (nSPS) is 17.2. The van der Waals surface area contributed by atoms with Gasteiger partial charge in [0.15, 0.2) is 5.83 Å². The number of rotatable bonds is 0. The van der Waals surface area contributed by atoms with Crippen LogP contribution in [0.4, 0.5) is 9.18 Å². The number of halogens is 1. The minimum absolute atomic E-state index is 0.00546. The highest BCUT2D eigenvalue weighted by Gasteiger charge is 2.15. The molecular formula is C7H6FNO3. The van der Waals surface area contributed by atoms with Gasteiger partial charge in [-0.3, -0.25) is 9.69 Å². The lowest BCUT2D eigenvalue weighted by Crippen LogP contribution is -2.23. The molecule has 1 heterocycles. The van der Waals surface area contributed by atoms with Crippen molar-refractivity contribution in [2.75, 3.05) is 6.54 Å². The van der Waals surface area contributed by atoms with E-state index in [1.165, 1.54) is 6.08 Å². The van der Waals surface area contributed by atoms with E-state index in [-0.39, 0.29) is 6.54 Å². The molecule has 0 atom stereocenters. The van der Waals surface area contributed by atoms with Gasteiger partial charge in [-0.05, 0) is 6.08 Å². The SMILES string of the molecule is O=C1C=CCN(C(=O)O)C=C1F. The number of carbonyl (C=O) groups is 2. The van der Waals surface area contributed by atoms with Crippen molar-refractivity contribution in [3.8, 4) is 0 Å². The van der Waals surface area contributed by atoms with Gasteiger partial charge in [-0.15, -0.1) is 0 Å². The summed E-state index contributed by atoms with van der Waals surface area (Å²) in [5.74, 6) is -1.87. The molecule has 0 saturated heterocycles. The van der Waals surface area contributed by atoms with Crippen molar-refractivity contribution in [1.29, 1.82) is 0 Å². The fourth-order valence-corrected chi connectivity index (χ4v) is 0.739. The quantitative estimate of drug-likeness (QED) is 0.589. The van der Waals surface area contributed by atoms with E-state index in [1.54, 1.807) is 0 Å². The van der Waals surface area contributed by atoms with Crippen LogP contribution in [0.1, 0.15) is 0 Å². The Morgan fingerprint density at radius 2 is 2.33 bits per heavy atom. The number of ketones is 1. The lowest BCUT2D eigenvalue weighted by Gasteiger charge is -2.09. The largest absolute Gasteiger partial charge is 0.465 e. The van der Waals surface area contributed by atoms with Gasteiger partial charge in [0.1, 0.15) is 0 Å². The summed E-state index contributed by atoms with van der Waals surface area (Å²) in [7, 11) is 0. The molecule has 0 bridgehead atoms. The number of allylic oxidation sites excluding steroid dienone is 2. The van der Waals surface area contributed by atoms with Crippen molar-refractivity contribution in [3.63, 3.8) is 0 Å². The van der Waals surface area contributed by atoms with E-state index in [0.29, 0.717) is 11.1 Å². The van der Waals surface area contributed by atoms with Crippen molar-refractivity contribution >= 4 is 11.9 Å². The molecule has 0 aromatic heterocycles. The van der Waals surface area contributed by atoms with Gasteiger partial charge in [0, 0.05) is 6.54 Å². The Labute approximate surface area is 67.6 Å². The molecule has 5 heteroatoms. The molecule has 0 spiro atoms. The number of hydrogen-bond donors (Lipinski definition) is 1. The van der Waals surface area contributed by atoms with Gasteiger partial charge in [-0.25, -0.2) is 9.18 Å². The predicted octanol–water partition coefficient (Wildman–Crippen LogP) is 0.916. The van der Waals surface area contributed by atoms with Crippen LogP contribution in [0.3, 0.4) is 0 Å². The molecule has 0 fully saturated rings. The molecular weight excluding hydrogens is 165 g/mol. The molecule has 1 aliphatic rings. The average Bonchev–Trinajstić information content (AvgIpc) is 2.15. The van der Waals surface area contributed by atoms with Crippen molar-refractivity contribution < 1.29 is 19.1 Å². The van der Waals surface area contributed by atoms with E-state index in [2.05, 4.69) is 0 Å². The van der Waals surface area contributed by atoms with E-state index >= 15 is 0 Å². The number of carboxylic acid groups (broad SMARTS) is 1. The molecule has 12 heavy (non-hydrogen) atoms. The zero-order chi connectivity index (χ0) is 9.14. The standard InChI is InChI=1S/C7H6FNO3/c8-5-4-9(7(11)12)3-1-2-6(5)10/h1-2,4H,3H2,(H,11,12). The third kappa shape index (κ3) is 1.69. The minimum Gasteiger partial charge on any atom is -0.465 e. The third-order valence-electron chi connectivity index (χ3n) is 1.32. The smallest absolute Gasteiger partial charge is 0.411 e. The molecule has 1 amide bonds. The van der Waals surface area contributed by atoms with Gasteiger partial charge < -0.3 is 5.11 Å². The Bertz CT molecular complexity index is 282. The highest BCUT2D eigenvalue weighted by molar-refractivity contribution is 6.02. The Morgan fingerprint density at radius 1 is 1.67 bits per heavy atom. The topological polar surface area (TPSA) is 57.6 Å². The van der Waals surface area contributed by atoms with Crippen LogP contribution < -0.4 is 0 Å². The van der Waals surface area contributed by atoms with Crippen LogP contribution in [0.15, 0.2) is 24.2 Å². The number of hydrogen-bond acceptors (Lipinski definition) is 2. The van der Waals surface area contributed by atoms with Crippen molar-refractivity contribution in [1.82, 2.24) is 4.90 Å². The molecule has 0 aromatic rings. The average molecular weight is 171 g/mol. The minimum atomic E-state index is -1.29. The number of amides is 1. The summed E-state index contributed by atoms with van der Waals surface area (Å²) >= 11 is 0. The fraction of sp³-hybridized carbons (Fsp3) is 0.143. The van der Waals surface area contributed by atoms with E-state index < -0.39 is 17.7 Å². The second-order valence-corrected chi connectivity index (χ2v) is 2.18. The van der Waals surface area contributed by atoms with E-state index in [0.717, 1.165) is 6.08 Å². The van der Waals surface area contributed by atoms with Crippen LogP contribution in [0, 0.1) is 0 Å². The van der Waals surface area contributed by atoms with E-state index in [1.807, 2.05) is 0 Å². The molecule has 64 valence electrons.